The molecule has 0 bridgehead atoms. The van der Waals surface area contributed by atoms with E-state index in [0.717, 1.165) is 24.8 Å². The molecule has 2 saturated heterocycles. The van der Waals surface area contributed by atoms with Crippen LogP contribution in [0.3, 0.4) is 0 Å². The summed E-state index contributed by atoms with van der Waals surface area (Å²) in [5.74, 6) is -0.391. The first-order valence-electron chi connectivity index (χ1n) is 8.91. The minimum atomic E-state index is -0.269. The second-order valence-electron chi connectivity index (χ2n) is 6.54. The molecule has 2 fully saturated rings. The van der Waals surface area contributed by atoms with E-state index in [1.807, 2.05) is 18.2 Å². The van der Waals surface area contributed by atoms with Gasteiger partial charge in [0.2, 0.25) is 5.91 Å². The van der Waals surface area contributed by atoms with Gasteiger partial charge in [0.1, 0.15) is 10.9 Å². The standard InChI is InChI=1S/C19H21ClN2O3S2/c20-15-7-2-1-5-13(15)11-16-18(25)22(19(26)27-16)12-17(24)21-9-4-3-6-14(21)8-10-23/h1-2,5,7,11,14,23H,3-4,6,8-10,12H2/b16-11-. The predicted molar refractivity (Wildman–Crippen MR) is 112 cm³/mol. The van der Waals surface area contributed by atoms with E-state index in [0.29, 0.717) is 27.2 Å². The van der Waals surface area contributed by atoms with Gasteiger partial charge in [-0.25, -0.2) is 0 Å². The highest BCUT2D eigenvalue weighted by atomic mass is 35.5. The number of likely N-dealkylation sites (tertiary alicyclic amines) is 1. The van der Waals surface area contributed by atoms with Gasteiger partial charge >= 0.3 is 0 Å². The zero-order chi connectivity index (χ0) is 19.4. The van der Waals surface area contributed by atoms with Crippen molar-refractivity contribution < 1.29 is 14.7 Å². The van der Waals surface area contributed by atoms with E-state index in [2.05, 4.69) is 0 Å². The van der Waals surface area contributed by atoms with Crippen LogP contribution in [0.5, 0.6) is 0 Å². The lowest BCUT2D eigenvalue weighted by molar-refractivity contribution is -0.138. The number of hydrogen-bond acceptors (Lipinski definition) is 5. The minimum absolute atomic E-state index is 0.0355. The van der Waals surface area contributed by atoms with Crippen molar-refractivity contribution in [3.05, 3.63) is 39.8 Å². The Hall–Kier alpha value is -1.41. The van der Waals surface area contributed by atoms with Crippen molar-refractivity contribution in [2.45, 2.75) is 31.7 Å². The molecule has 0 aromatic heterocycles. The van der Waals surface area contributed by atoms with Crippen molar-refractivity contribution in [3.8, 4) is 0 Å². The van der Waals surface area contributed by atoms with Crippen LogP contribution in [0.4, 0.5) is 0 Å². The molecule has 2 amide bonds. The number of aliphatic hydroxyl groups is 1. The van der Waals surface area contributed by atoms with E-state index in [1.54, 1.807) is 17.0 Å². The van der Waals surface area contributed by atoms with Gasteiger partial charge < -0.3 is 10.0 Å². The first kappa shape index (κ1) is 20.3. The summed E-state index contributed by atoms with van der Waals surface area (Å²) in [5.41, 5.74) is 0.741. The van der Waals surface area contributed by atoms with Crippen LogP contribution in [-0.2, 0) is 9.59 Å². The second-order valence-corrected chi connectivity index (χ2v) is 8.62. The minimum Gasteiger partial charge on any atom is -0.396 e. The molecule has 2 aliphatic heterocycles. The number of thioether (sulfide) groups is 1. The van der Waals surface area contributed by atoms with Gasteiger partial charge in [-0.3, -0.25) is 14.5 Å². The lowest BCUT2D eigenvalue weighted by atomic mass is 9.99. The van der Waals surface area contributed by atoms with Crippen molar-refractivity contribution in [2.24, 2.45) is 0 Å². The van der Waals surface area contributed by atoms with E-state index in [1.165, 1.54) is 16.7 Å². The maximum absolute atomic E-state index is 12.8. The number of carbonyl (C=O) groups is 2. The SMILES string of the molecule is O=C1/C(=C/c2ccccc2Cl)SC(=S)N1CC(=O)N1CCCCC1CCO. The number of amides is 2. The summed E-state index contributed by atoms with van der Waals surface area (Å²) in [6, 6.07) is 7.29. The molecule has 3 rings (SSSR count). The summed E-state index contributed by atoms with van der Waals surface area (Å²) in [5, 5.41) is 9.79. The van der Waals surface area contributed by atoms with Crippen molar-refractivity contribution in [2.75, 3.05) is 19.7 Å². The molecule has 0 aliphatic carbocycles. The number of nitrogens with zero attached hydrogens (tertiary/aromatic N) is 2. The number of aliphatic hydroxyl groups excluding tert-OH is 1. The smallest absolute Gasteiger partial charge is 0.266 e. The number of thiocarbonyl (C=S) groups is 1. The Bertz CT molecular complexity index is 782. The third-order valence-electron chi connectivity index (χ3n) is 4.77. The predicted octanol–water partition coefficient (Wildman–Crippen LogP) is 3.30. The lowest BCUT2D eigenvalue weighted by Crippen LogP contribution is -2.49. The van der Waals surface area contributed by atoms with Gasteiger partial charge in [-0.05, 0) is 43.4 Å². The molecule has 0 radical (unpaired) electrons. The monoisotopic (exact) mass is 424 g/mol. The van der Waals surface area contributed by atoms with Crippen LogP contribution in [0.2, 0.25) is 5.02 Å². The summed E-state index contributed by atoms with van der Waals surface area (Å²) >= 11 is 12.7. The van der Waals surface area contributed by atoms with Crippen LogP contribution in [0.25, 0.3) is 6.08 Å². The fraction of sp³-hybridized carbons (Fsp3) is 0.421. The molecule has 1 unspecified atom stereocenters. The summed E-state index contributed by atoms with van der Waals surface area (Å²) in [6.07, 6.45) is 5.16. The van der Waals surface area contributed by atoms with Gasteiger partial charge in [0.15, 0.2) is 0 Å². The molecule has 1 aromatic rings. The van der Waals surface area contributed by atoms with Crippen molar-refractivity contribution in [1.29, 1.82) is 0 Å². The molecule has 0 saturated carbocycles. The van der Waals surface area contributed by atoms with Crippen molar-refractivity contribution >= 4 is 57.8 Å². The maximum atomic E-state index is 12.8. The average molecular weight is 425 g/mol. The Balaban J connectivity index is 1.72. The number of rotatable bonds is 5. The van der Waals surface area contributed by atoms with E-state index in [4.69, 9.17) is 23.8 Å². The van der Waals surface area contributed by atoms with Crippen molar-refractivity contribution in [3.63, 3.8) is 0 Å². The average Bonchev–Trinajstić information content (AvgIpc) is 2.92. The van der Waals surface area contributed by atoms with E-state index < -0.39 is 0 Å². The Morgan fingerprint density at radius 2 is 2.15 bits per heavy atom. The molecule has 1 atom stereocenters. The zero-order valence-corrected chi connectivity index (χ0v) is 17.2. The quantitative estimate of drug-likeness (QED) is 0.580. The molecule has 27 heavy (non-hydrogen) atoms. The first-order chi connectivity index (χ1) is 13.0. The number of carbonyl (C=O) groups excluding carboxylic acids is 2. The van der Waals surface area contributed by atoms with Crippen LogP contribution in [0.1, 0.15) is 31.2 Å². The maximum Gasteiger partial charge on any atom is 0.266 e. The highest BCUT2D eigenvalue weighted by Gasteiger charge is 2.36. The molecule has 1 N–H and O–H groups in total. The van der Waals surface area contributed by atoms with Gasteiger partial charge in [-0.1, -0.05) is 53.8 Å². The van der Waals surface area contributed by atoms with Crippen LogP contribution < -0.4 is 0 Å². The Morgan fingerprint density at radius 1 is 1.37 bits per heavy atom. The molecule has 8 heteroatoms. The third kappa shape index (κ3) is 4.71. The molecule has 144 valence electrons. The van der Waals surface area contributed by atoms with Crippen LogP contribution >= 0.6 is 35.6 Å². The van der Waals surface area contributed by atoms with Gasteiger partial charge in [-0.15, -0.1) is 0 Å². The molecular formula is C19H21ClN2O3S2. The van der Waals surface area contributed by atoms with Gasteiger partial charge in [0.05, 0.1) is 4.91 Å². The molecule has 2 aliphatic rings. The van der Waals surface area contributed by atoms with Crippen LogP contribution in [0.15, 0.2) is 29.2 Å². The topological polar surface area (TPSA) is 60.9 Å². The number of piperidine rings is 1. The summed E-state index contributed by atoms with van der Waals surface area (Å²) < 4.78 is 0.377. The molecule has 1 aromatic carbocycles. The number of hydrogen-bond donors (Lipinski definition) is 1. The van der Waals surface area contributed by atoms with E-state index in [-0.39, 0.29) is 31.0 Å². The summed E-state index contributed by atoms with van der Waals surface area (Å²) in [6.45, 7) is 0.649. The highest BCUT2D eigenvalue weighted by molar-refractivity contribution is 8.26. The molecule has 2 heterocycles. The molecular weight excluding hydrogens is 404 g/mol. The fourth-order valence-electron chi connectivity index (χ4n) is 3.37. The first-order valence-corrected chi connectivity index (χ1v) is 10.5. The third-order valence-corrected chi connectivity index (χ3v) is 6.49. The summed E-state index contributed by atoms with van der Waals surface area (Å²) in [7, 11) is 0. The normalized spacial score (nSPS) is 22.0. The zero-order valence-electron chi connectivity index (χ0n) is 14.8. The Labute approximate surface area is 173 Å². The lowest BCUT2D eigenvalue weighted by Gasteiger charge is -2.36. The molecule has 5 nitrogen and oxygen atoms in total. The van der Waals surface area contributed by atoms with E-state index in [9.17, 15) is 14.7 Å². The van der Waals surface area contributed by atoms with Crippen molar-refractivity contribution in [1.82, 2.24) is 9.80 Å². The fourth-order valence-corrected chi connectivity index (χ4v) is 4.81. The van der Waals surface area contributed by atoms with Gasteiger partial charge in [0, 0.05) is 24.2 Å². The van der Waals surface area contributed by atoms with Gasteiger partial charge in [-0.2, -0.15) is 0 Å². The van der Waals surface area contributed by atoms with E-state index >= 15 is 0 Å². The van der Waals surface area contributed by atoms with Crippen LogP contribution in [0, 0.1) is 0 Å². The second kappa shape index (κ2) is 9.19. The molecule has 0 spiro atoms. The Kier molecular flexibility index (Phi) is 6.92. The number of benzene rings is 1. The highest BCUT2D eigenvalue weighted by Crippen LogP contribution is 2.34. The number of halogens is 1. The van der Waals surface area contributed by atoms with Gasteiger partial charge in [0.25, 0.3) is 5.91 Å². The Morgan fingerprint density at radius 3 is 2.89 bits per heavy atom. The van der Waals surface area contributed by atoms with Crippen LogP contribution in [-0.4, -0.2) is 56.8 Å². The largest absolute Gasteiger partial charge is 0.396 e. The summed E-state index contributed by atoms with van der Waals surface area (Å²) in [4.78, 5) is 29.2.